The summed E-state index contributed by atoms with van der Waals surface area (Å²) in [5.74, 6) is 2.06. The van der Waals surface area contributed by atoms with E-state index in [1.165, 1.54) is 4.80 Å². The quantitative estimate of drug-likeness (QED) is 0.800. The molecule has 20 heavy (non-hydrogen) atoms. The Bertz CT molecular complexity index is 704. The number of benzene rings is 1. The molecule has 0 saturated heterocycles. The lowest BCUT2D eigenvalue weighted by Gasteiger charge is -1.99. The van der Waals surface area contributed by atoms with Gasteiger partial charge in [0, 0.05) is 10.6 Å². The number of furan rings is 1. The monoisotopic (exact) mass is 289 g/mol. The second kappa shape index (κ2) is 5.34. The summed E-state index contributed by atoms with van der Waals surface area (Å²) >= 11 is 5.86. The van der Waals surface area contributed by atoms with Crippen molar-refractivity contribution in [1.82, 2.24) is 20.2 Å². The van der Waals surface area contributed by atoms with Crippen molar-refractivity contribution in [3.8, 4) is 11.3 Å². The predicted molar refractivity (Wildman–Crippen MR) is 75.3 cm³/mol. The largest absolute Gasteiger partial charge is 0.459 e. The summed E-state index contributed by atoms with van der Waals surface area (Å²) in [5.41, 5.74) is 0.985. The van der Waals surface area contributed by atoms with Gasteiger partial charge in [-0.1, -0.05) is 16.7 Å². The van der Waals surface area contributed by atoms with E-state index < -0.39 is 0 Å². The summed E-state index contributed by atoms with van der Waals surface area (Å²) < 4.78 is 5.75. The molecule has 0 aliphatic heterocycles. The number of anilines is 1. The van der Waals surface area contributed by atoms with Gasteiger partial charge in [-0.05, 0) is 41.6 Å². The van der Waals surface area contributed by atoms with Crippen LogP contribution in [0.4, 0.5) is 5.95 Å². The van der Waals surface area contributed by atoms with E-state index in [0.717, 1.165) is 17.1 Å². The van der Waals surface area contributed by atoms with Crippen LogP contribution in [0.1, 0.15) is 5.76 Å². The Morgan fingerprint density at radius 1 is 1.20 bits per heavy atom. The van der Waals surface area contributed by atoms with Crippen molar-refractivity contribution in [3.63, 3.8) is 0 Å². The molecule has 0 amide bonds. The SMILES string of the molecule is Cn1nnc(NCc2ccc(-c3ccc(Cl)cc3)o2)n1. The zero-order chi connectivity index (χ0) is 13.9. The Hall–Kier alpha value is -2.34. The molecule has 0 radical (unpaired) electrons. The van der Waals surface area contributed by atoms with Crippen molar-refractivity contribution >= 4 is 17.5 Å². The first kappa shape index (κ1) is 12.7. The molecular formula is C13H12ClN5O. The highest BCUT2D eigenvalue weighted by molar-refractivity contribution is 6.30. The zero-order valence-corrected chi connectivity index (χ0v) is 11.5. The fraction of sp³-hybridized carbons (Fsp3) is 0.154. The molecule has 0 saturated carbocycles. The first-order chi connectivity index (χ1) is 9.70. The van der Waals surface area contributed by atoms with Crippen molar-refractivity contribution in [2.75, 3.05) is 5.32 Å². The van der Waals surface area contributed by atoms with E-state index in [9.17, 15) is 0 Å². The smallest absolute Gasteiger partial charge is 0.263 e. The molecule has 6 nitrogen and oxygen atoms in total. The number of nitrogens with one attached hydrogen (secondary N) is 1. The van der Waals surface area contributed by atoms with Crippen LogP contribution in [0.3, 0.4) is 0 Å². The van der Waals surface area contributed by atoms with Gasteiger partial charge in [0.2, 0.25) is 0 Å². The van der Waals surface area contributed by atoms with Crippen LogP contribution in [0.2, 0.25) is 5.02 Å². The van der Waals surface area contributed by atoms with Crippen molar-refractivity contribution in [3.05, 3.63) is 47.2 Å². The number of aryl methyl sites for hydroxylation is 1. The second-order valence-electron chi connectivity index (χ2n) is 4.23. The number of halogens is 1. The van der Waals surface area contributed by atoms with Crippen LogP contribution in [0.25, 0.3) is 11.3 Å². The maximum absolute atomic E-state index is 5.86. The van der Waals surface area contributed by atoms with Crippen molar-refractivity contribution in [2.45, 2.75) is 6.54 Å². The van der Waals surface area contributed by atoms with E-state index in [-0.39, 0.29) is 0 Å². The Labute approximate surface area is 120 Å². The molecule has 2 heterocycles. The first-order valence-electron chi connectivity index (χ1n) is 6.03. The highest BCUT2D eigenvalue weighted by atomic mass is 35.5. The topological polar surface area (TPSA) is 68.8 Å². The Kier molecular flexibility index (Phi) is 3.39. The molecule has 7 heteroatoms. The first-order valence-corrected chi connectivity index (χ1v) is 6.41. The molecule has 0 atom stereocenters. The molecule has 3 rings (SSSR count). The normalized spacial score (nSPS) is 10.7. The van der Waals surface area contributed by atoms with E-state index in [4.69, 9.17) is 16.0 Å². The van der Waals surface area contributed by atoms with Gasteiger partial charge >= 0.3 is 0 Å². The summed E-state index contributed by atoms with van der Waals surface area (Å²) in [6.07, 6.45) is 0. The molecule has 0 fully saturated rings. The number of nitrogens with zero attached hydrogens (tertiary/aromatic N) is 4. The number of aromatic nitrogens is 4. The minimum absolute atomic E-state index is 0.469. The summed E-state index contributed by atoms with van der Waals surface area (Å²) in [7, 11) is 1.71. The fourth-order valence-corrected chi connectivity index (χ4v) is 1.89. The molecule has 0 aliphatic rings. The minimum Gasteiger partial charge on any atom is -0.459 e. The predicted octanol–water partition coefficient (Wildman–Crippen LogP) is 2.74. The molecule has 0 bridgehead atoms. The molecule has 3 aromatic rings. The van der Waals surface area contributed by atoms with Crippen LogP contribution < -0.4 is 5.32 Å². The van der Waals surface area contributed by atoms with Gasteiger partial charge < -0.3 is 9.73 Å². The molecule has 1 N–H and O–H groups in total. The van der Waals surface area contributed by atoms with Crippen LogP contribution >= 0.6 is 11.6 Å². The Balaban J connectivity index is 1.69. The van der Waals surface area contributed by atoms with Gasteiger partial charge in [0.05, 0.1) is 13.6 Å². The van der Waals surface area contributed by atoms with E-state index in [1.54, 1.807) is 7.05 Å². The van der Waals surface area contributed by atoms with Gasteiger partial charge in [0.25, 0.3) is 5.95 Å². The van der Waals surface area contributed by atoms with Crippen LogP contribution in [0.5, 0.6) is 0 Å². The molecule has 1 aromatic carbocycles. The van der Waals surface area contributed by atoms with Crippen molar-refractivity contribution in [2.24, 2.45) is 7.05 Å². The fourth-order valence-electron chi connectivity index (χ4n) is 1.76. The van der Waals surface area contributed by atoms with Crippen molar-refractivity contribution in [1.29, 1.82) is 0 Å². The average Bonchev–Trinajstić information content (AvgIpc) is 3.06. The van der Waals surface area contributed by atoms with E-state index >= 15 is 0 Å². The summed E-state index contributed by atoms with van der Waals surface area (Å²) in [6, 6.07) is 11.3. The second-order valence-corrected chi connectivity index (χ2v) is 4.67. The van der Waals surface area contributed by atoms with Gasteiger partial charge in [-0.15, -0.1) is 5.10 Å². The highest BCUT2D eigenvalue weighted by Crippen LogP contribution is 2.24. The highest BCUT2D eigenvalue weighted by Gasteiger charge is 2.06. The minimum atomic E-state index is 0.469. The Morgan fingerprint density at radius 3 is 2.70 bits per heavy atom. The zero-order valence-electron chi connectivity index (χ0n) is 10.7. The molecule has 0 unspecified atom stereocenters. The van der Waals surface area contributed by atoms with Crippen molar-refractivity contribution < 1.29 is 4.42 Å². The average molecular weight is 290 g/mol. The molecule has 0 spiro atoms. The maximum Gasteiger partial charge on any atom is 0.263 e. The summed E-state index contributed by atoms with van der Waals surface area (Å²) in [4.78, 5) is 1.39. The van der Waals surface area contributed by atoms with Gasteiger partial charge in [-0.25, -0.2) is 0 Å². The van der Waals surface area contributed by atoms with E-state index in [2.05, 4.69) is 20.7 Å². The summed E-state index contributed by atoms with van der Waals surface area (Å²) in [5, 5.41) is 15.3. The third-order valence-electron chi connectivity index (χ3n) is 2.72. The standard InChI is InChI=1S/C13H12ClN5O/c1-19-17-13(16-18-19)15-8-11-6-7-12(20-11)9-2-4-10(14)5-3-9/h2-7H,8H2,1H3,(H,15,17). The van der Waals surface area contributed by atoms with Gasteiger partial charge in [-0.3, -0.25) is 0 Å². The Morgan fingerprint density at radius 2 is 2.00 bits per heavy atom. The van der Waals surface area contributed by atoms with Crippen LogP contribution in [-0.2, 0) is 13.6 Å². The van der Waals surface area contributed by atoms with Gasteiger partial charge in [0.15, 0.2) is 0 Å². The van der Waals surface area contributed by atoms with Gasteiger partial charge in [0.1, 0.15) is 11.5 Å². The maximum atomic E-state index is 5.86. The molecule has 102 valence electrons. The third kappa shape index (κ3) is 2.80. The molecule has 0 aliphatic carbocycles. The van der Waals surface area contributed by atoms with E-state index in [0.29, 0.717) is 17.5 Å². The number of hydrogen-bond acceptors (Lipinski definition) is 5. The lowest BCUT2D eigenvalue weighted by atomic mass is 10.2. The van der Waals surface area contributed by atoms with Crippen LogP contribution in [0.15, 0.2) is 40.8 Å². The van der Waals surface area contributed by atoms with Crippen LogP contribution in [-0.4, -0.2) is 20.2 Å². The molecular weight excluding hydrogens is 278 g/mol. The lowest BCUT2D eigenvalue weighted by Crippen LogP contribution is -2.00. The summed E-state index contributed by atoms with van der Waals surface area (Å²) in [6.45, 7) is 0.499. The number of hydrogen-bond donors (Lipinski definition) is 1. The number of rotatable bonds is 4. The van der Waals surface area contributed by atoms with Gasteiger partial charge in [-0.2, -0.15) is 4.80 Å². The third-order valence-corrected chi connectivity index (χ3v) is 2.97. The number of tetrazole rings is 1. The molecule has 2 aromatic heterocycles. The lowest BCUT2D eigenvalue weighted by molar-refractivity contribution is 0.530. The van der Waals surface area contributed by atoms with Crippen LogP contribution in [0, 0.1) is 0 Å². The van der Waals surface area contributed by atoms with E-state index in [1.807, 2.05) is 36.4 Å².